The van der Waals surface area contributed by atoms with E-state index < -0.39 is 21.3 Å². The normalized spacial score (nSPS) is 14.5. The maximum atomic E-state index is 12.6. The van der Waals surface area contributed by atoms with E-state index in [0.717, 1.165) is 5.56 Å². The number of carbonyl (C=O) groups is 1. The second-order valence-corrected chi connectivity index (χ2v) is 10.2. The molecule has 23 heavy (non-hydrogen) atoms. The highest BCUT2D eigenvalue weighted by atomic mass is 32.2. The molecule has 1 N–H and O–H groups in total. The number of nitrogens with one attached hydrogen (secondary N) is 1. The molecule has 0 fully saturated rings. The highest BCUT2D eigenvalue weighted by Crippen LogP contribution is 2.20. The van der Waals surface area contributed by atoms with Crippen molar-refractivity contribution in [3.63, 3.8) is 0 Å². The van der Waals surface area contributed by atoms with E-state index in [2.05, 4.69) is 5.32 Å². The summed E-state index contributed by atoms with van der Waals surface area (Å²) in [5.41, 5.74) is -0.191. The molecule has 1 aromatic rings. The molecule has 0 saturated heterocycles. The Morgan fingerprint density at radius 3 is 2.00 bits per heavy atom. The smallest absolute Gasteiger partial charge is 0.156 e. The molecule has 0 spiro atoms. The van der Waals surface area contributed by atoms with Gasteiger partial charge in [0.1, 0.15) is 0 Å². The first-order chi connectivity index (χ1) is 10.3. The fourth-order valence-electron chi connectivity index (χ4n) is 2.37. The predicted octanol–water partition coefficient (Wildman–Crippen LogP) is 2.97. The van der Waals surface area contributed by atoms with Gasteiger partial charge in [-0.3, -0.25) is 4.79 Å². The second kappa shape index (κ2) is 7.14. The molecule has 1 rings (SSSR count). The summed E-state index contributed by atoms with van der Waals surface area (Å²) in [6.07, 6.45) is 0. The SMILES string of the molecule is CC(C)(C)NC(CS(=O)(=O)Cc1ccccc1)C(=O)C(C)(C)C. The molecule has 5 heteroatoms. The van der Waals surface area contributed by atoms with Crippen molar-refractivity contribution in [2.75, 3.05) is 5.75 Å². The van der Waals surface area contributed by atoms with E-state index in [4.69, 9.17) is 0 Å². The highest BCUT2D eigenvalue weighted by Gasteiger charge is 2.35. The number of rotatable bonds is 6. The van der Waals surface area contributed by atoms with Crippen molar-refractivity contribution >= 4 is 15.6 Å². The molecular weight excluding hydrogens is 310 g/mol. The summed E-state index contributed by atoms with van der Waals surface area (Å²) in [4.78, 5) is 12.6. The Labute approximate surface area is 140 Å². The molecular formula is C18H29NO3S. The van der Waals surface area contributed by atoms with Crippen LogP contribution in [0.3, 0.4) is 0 Å². The van der Waals surface area contributed by atoms with E-state index in [1.165, 1.54) is 0 Å². The molecule has 1 unspecified atom stereocenters. The number of hydrogen-bond donors (Lipinski definition) is 1. The molecule has 0 aliphatic carbocycles. The first-order valence-corrected chi connectivity index (χ1v) is 9.69. The lowest BCUT2D eigenvalue weighted by Gasteiger charge is -2.31. The van der Waals surface area contributed by atoms with Crippen molar-refractivity contribution in [1.29, 1.82) is 0 Å². The molecule has 0 bridgehead atoms. The van der Waals surface area contributed by atoms with Crippen molar-refractivity contribution < 1.29 is 13.2 Å². The molecule has 0 radical (unpaired) electrons. The van der Waals surface area contributed by atoms with Crippen LogP contribution < -0.4 is 5.32 Å². The average molecular weight is 340 g/mol. The summed E-state index contributed by atoms with van der Waals surface area (Å²) < 4.78 is 25.1. The third-order valence-electron chi connectivity index (χ3n) is 3.31. The Hall–Kier alpha value is -1.20. The zero-order chi connectivity index (χ0) is 17.9. The second-order valence-electron chi connectivity index (χ2n) is 8.10. The minimum absolute atomic E-state index is 0.0480. The van der Waals surface area contributed by atoms with E-state index in [0.29, 0.717) is 0 Å². The Bertz CT molecular complexity index is 622. The zero-order valence-electron chi connectivity index (χ0n) is 15.0. The van der Waals surface area contributed by atoms with Crippen molar-refractivity contribution in [2.24, 2.45) is 5.41 Å². The van der Waals surface area contributed by atoms with Crippen LogP contribution in [0, 0.1) is 5.41 Å². The van der Waals surface area contributed by atoms with Crippen molar-refractivity contribution in [3.8, 4) is 0 Å². The lowest BCUT2D eigenvalue weighted by atomic mass is 9.86. The van der Waals surface area contributed by atoms with Gasteiger partial charge in [0.05, 0.1) is 17.5 Å². The molecule has 0 amide bonds. The molecule has 0 aliphatic heterocycles. The number of benzene rings is 1. The van der Waals surface area contributed by atoms with Crippen LogP contribution in [-0.2, 0) is 20.4 Å². The Balaban J connectivity index is 2.97. The number of sulfone groups is 1. The van der Waals surface area contributed by atoms with Gasteiger partial charge in [-0.15, -0.1) is 0 Å². The molecule has 0 aromatic heterocycles. The van der Waals surface area contributed by atoms with Gasteiger partial charge in [-0.2, -0.15) is 0 Å². The quantitative estimate of drug-likeness (QED) is 0.865. The van der Waals surface area contributed by atoms with Gasteiger partial charge in [-0.05, 0) is 26.3 Å². The Morgan fingerprint density at radius 2 is 1.57 bits per heavy atom. The Kier molecular flexibility index (Phi) is 6.16. The molecule has 1 aromatic carbocycles. The summed E-state index contributed by atoms with van der Waals surface area (Å²) in [6.45, 7) is 11.2. The van der Waals surface area contributed by atoms with Crippen LogP contribution in [-0.4, -0.2) is 31.5 Å². The number of ketones is 1. The van der Waals surface area contributed by atoms with Gasteiger partial charge in [0.2, 0.25) is 0 Å². The molecule has 0 saturated carbocycles. The third kappa shape index (κ3) is 7.27. The fraction of sp³-hybridized carbons (Fsp3) is 0.611. The standard InChI is InChI=1S/C18H29NO3S/c1-17(2,3)16(20)15(19-18(4,5)6)13-23(21,22)12-14-10-8-7-9-11-14/h7-11,15,19H,12-13H2,1-6H3. The summed E-state index contributed by atoms with van der Waals surface area (Å²) in [5, 5.41) is 3.18. The minimum Gasteiger partial charge on any atom is -0.302 e. The monoisotopic (exact) mass is 339 g/mol. The van der Waals surface area contributed by atoms with Crippen LogP contribution in [0.5, 0.6) is 0 Å². The summed E-state index contributed by atoms with van der Waals surface area (Å²) in [6, 6.07) is 8.35. The minimum atomic E-state index is -3.39. The van der Waals surface area contributed by atoms with Crippen LogP contribution >= 0.6 is 0 Å². The molecule has 0 aliphatic rings. The van der Waals surface area contributed by atoms with Gasteiger partial charge in [0.15, 0.2) is 15.6 Å². The van der Waals surface area contributed by atoms with E-state index in [1.807, 2.05) is 59.7 Å². The zero-order valence-corrected chi connectivity index (χ0v) is 15.8. The van der Waals surface area contributed by atoms with Crippen LogP contribution in [0.2, 0.25) is 0 Å². The number of Topliss-reactive ketones (excluding diaryl/α,β-unsaturated/α-hetero) is 1. The first-order valence-electron chi connectivity index (χ1n) is 7.86. The van der Waals surface area contributed by atoms with E-state index in [9.17, 15) is 13.2 Å². The van der Waals surface area contributed by atoms with Crippen molar-refractivity contribution in [2.45, 2.75) is 58.9 Å². The average Bonchev–Trinajstić information content (AvgIpc) is 2.34. The summed E-state index contributed by atoms with van der Waals surface area (Å²) >= 11 is 0. The topological polar surface area (TPSA) is 63.2 Å². The summed E-state index contributed by atoms with van der Waals surface area (Å²) in [5.74, 6) is -0.313. The summed E-state index contributed by atoms with van der Waals surface area (Å²) in [7, 11) is -3.39. The van der Waals surface area contributed by atoms with Crippen LogP contribution in [0.15, 0.2) is 30.3 Å². The van der Waals surface area contributed by atoms with Crippen molar-refractivity contribution in [3.05, 3.63) is 35.9 Å². The molecule has 1 atom stereocenters. The van der Waals surface area contributed by atoms with E-state index >= 15 is 0 Å². The maximum absolute atomic E-state index is 12.6. The number of hydrogen-bond acceptors (Lipinski definition) is 4. The lowest BCUT2D eigenvalue weighted by Crippen LogP contribution is -2.53. The van der Waals surface area contributed by atoms with Gasteiger partial charge in [0.25, 0.3) is 0 Å². The molecule has 0 heterocycles. The van der Waals surface area contributed by atoms with Gasteiger partial charge in [-0.25, -0.2) is 8.42 Å². The van der Waals surface area contributed by atoms with Crippen LogP contribution in [0.4, 0.5) is 0 Å². The largest absolute Gasteiger partial charge is 0.302 e. The van der Waals surface area contributed by atoms with Crippen molar-refractivity contribution in [1.82, 2.24) is 5.32 Å². The first kappa shape index (κ1) is 19.8. The maximum Gasteiger partial charge on any atom is 0.156 e. The third-order valence-corrected chi connectivity index (χ3v) is 4.93. The Morgan fingerprint density at radius 1 is 1.04 bits per heavy atom. The predicted molar refractivity (Wildman–Crippen MR) is 95.1 cm³/mol. The highest BCUT2D eigenvalue weighted by molar-refractivity contribution is 7.90. The van der Waals surface area contributed by atoms with Gasteiger partial charge < -0.3 is 5.32 Å². The van der Waals surface area contributed by atoms with E-state index in [1.54, 1.807) is 12.1 Å². The van der Waals surface area contributed by atoms with Gasteiger partial charge in [-0.1, -0.05) is 51.1 Å². The lowest BCUT2D eigenvalue weighted by molar-refractivity contribution is -0.128. The van der Waals surface area contributed by atoms with Gasteiger partial charge >= 0.3 is 0 Å². The van der Waals surface area contributed by atoms with Crippen LogP contribution in [0.25, 0.3) is 0 Å². The molecule has 4 nitrogen and oxygen atoms in total. The number of carbonyl (C=O) groups excluding carboxylic acids is 1. The fourth-order valence-corrected chi connectivity index (χ4v) is 3.93. The molecule has 130 valence electrons. The van der Waals surface area contributed by atoms with Gasteiger partial charge in [0, 0.05) is 11.0 Å². The van der Waals surface area contributed by atoms with Crippen LogP contribution in [0.1, 0.15) is 47.1 Å². The van der Waals surface area contributed by atoms with E-state index in [-0.39, 0.29) is 22.8 Å².